The van der Waals surface area contributed by atoms with Crippen LogP contribution in [0.25, 0.3) is 0 Å². The molecule has 3 rings (SSSR count). The molecule has 0 aliphatic rings. The van der Waals surface area contributed by atoms with Gasteiger partial charge < -0.3 is 10.2 Å². The monoisotopic (exact) mass is 510 g/mol. The topological polar surface area (TPSA) is 49.4 Å². The van der Waals surface area contributed by atoms with Gasteiger partial charge in [0.05, 0.1) is 6.42 Å². The third-order valence-corrected chi connectivity index (χ3v) is 6.48. The highest BCUT2D eigenvalue weighted by Gasteiger charge is 2.30. The van der Waals surface area contributed by atoms with Crippen LogP contribution < -0.4 is 5.32 Å². The number of halogens is 2. The second-order valence-corrected chi connectivity index (χ2v) is 9.62. The summed E-state index contributed by atoms with van der Waals surface area (Å²) >= 11 is 12.4. The van der Waals surface area contributed by atoms with E-state index in [1.54, 1.807) is 23.1 Å². The fraction of sp³-hybridized carbons (Fsp3) is 0.310. The Morgan fingerprint density at radius 2 is 1.69 bits per heavy atom. The number of unbranched alkanes of at least 4 members (excludes halogenated alkanes) is 1. The first-order valence-corrected chi connectivity index (χ1v) is 12.7. The summed E-state index contributed by atoms with van der Waals surface area (Å²) in [7, 11) is 0. The van der Waals surface area contributed by atoms with Gasteiger partial charge in [-0.3, -0.25) is 9.59 Å². The molecule has 0 heterocycles. The van der Waals surface area contributed by atoms with Crippen LogP contribution in [0.5, 0.6) is 0 Å². The molecule has 0 unspecified atom stereocenters. The molecule has 6 heteroatoms. The van der Waals surface area contributed by atoms with Gasteiger partial charge in [-0.15, -0.1) is 0 Å². The summed E-state index contributed by atoms with van der Waals surface area (Å²) in [5.74, 6) is -0.312. The minimum Gasteiger partial charge on any atom is -0.354 e. The molecule has 184 valence electrons. The van der Waals surface area contributed by atoms with Gasteiger partial charge >= 0.3 is 0 Å². The highest BCUT2D eigenvalue weighted by molar-refractivity contribution is 6.35. The highest BCUT2D eigenvalue weighted by Crippen LogP contribution is 2.23. The van der Waals surface area contributed by atoms with E-state index in [0.29, 0.717) is 35.1 Å². The Kier molecular flexibility index (Phi) is 10.2. The SMILES string of the molecule is CCCCNC(=O)[C@@H](Cc1ccccc1)N(Cc1cccc(C)c1)C(=O)Cc1ccc(Cl)cc1Cl. The van der Waals surface area contributed by atoms with Gasteiger partial charge in [0.25, 0.3) is 0 Å². The lowest BCUT2D eigenvalue weighted by Crippen LogP contribution is -2.51. The van der Waals surface area contributed by atoms with Crippen molar-refractivity contribution in [2.24, 2.45) is 0 Å². The Morgan fingerprint density at radius 1 is 0.943 bits per heavy atom. The van der Waals surface area contributed by atoms with Crippen molar-refractivity contribution in [1.29, 1.82) is 0 Å². The molecule has 0 spiro atoms. The Bertz CT molecular complexity index is 1130. The van der Waals surface area contributed by atoms with Crippen molar-refractivity contribution < 1.29 is 9.59 Å². The van der Waals surface area contributed by atoms with E-state index in [1.165, 1.54) is 0 Å². The number of rotatable bonds is 11. The average Bonchev–Trinajstić information content (AvgIpc) is 2.84. The fourth-order valence-electron chi connectivity index (χ4n) is 4.00. The molecule has 0 saturated carbocycles. The number of nitrogens with zero attached hydrogens (tertiary/aromatic N) is 1. The normalized spacial score (nSPS) is 11.7. The minimum atomic E-state index is -0.659. The summed E-state index contributed by atoms with van der Waals surface area (Å²) < 4.78 is 0. The van der Waals surface area contributed by atoms with Crippen molar-refractivity contribution in [2.45, 2.75) is 52.1 Å². The number of aryl methyl sites for hydroxylation is 1. The molecular formula is C29H32Cl2N2O2. The van der Waals surface area contributed by atoms with E-state index in [4.69, 9.17) is 23.2 Å². The Labute approximate surface area is 218 Å². The maximum atomic E-state index is 13.8. The van der Waals surface area contributed by atoms with Crippen molar-refractivity contribution in [3.63, 3.8) is 0 Å². The fourth-order valence-corrected chi connectivity index (χ4v) is 4.47. The third-order valence-electron chi connectivity index (χ3n) is 5.89. The second-order valence-electron chi connectivity index (χ2n) is 8.77. The van der Waals surface area contributed by atoms with Crippen molar-refractivity contribution >= 4 is 35.0 Å². The Hall–Kier alpha value is -2.82. The van der Waals surface area contributed by atoms with E-state index in [2.05, 4.69) is 12.2 Å². The molecule has 2 amide bonds. The minimum absolute atomic E-state index is 0.0787. The molecule has 0 aliphatic carbocycles. The van der Waals surface area contributed by atoms with Crippen LogP contribution in [-0.2, 0) is 29.0 Å². The summed E-state index contributed by atoms with van der Waals surface area (Å²) in [5.41, 5.74) is 3.75. The van der Waals surface area contributed by atoms with Crippen molar-refractivity contribution in [1.82, 2.24) is 10.2 Å². The maximum Gasteiger partial charge on any atom is 0.243 e. The van der Waals surface area contributed by atoms with Crippen LogP contribution in [0, 0.1) is 6.92 Å². The van der Waals surface area contributed by atoms with Crippen LogP contribution in [-0.4, -0.2) is 29.3 Å². The zero-order valence-corrected chi connectivity index (χ0v) is 21.8. The van der Waals surface area contributed by atoms with E-state index in [0.717, 1.165) is 29.5 Å². The molecule has 4 nitrogen and oxygen atoms in total. The lowest BCUT2D eigenvalue weighted by Gasteiger charge is -2.32. The summed E-state index contributed by atoms with van der Waals surface area (Å²) in [6, 6.07) is 22.3. The van der Waals surface area contributed by atoms with Gasteiger partial charge in [-0.2, -0.15) is 0 Å². The Balaban J connectivity index is 1.96. The molecule has 1 N–H and O–H groups in total. The molecule has 0 radical (unpaired) electrons. The first-order valence-electron chi connectivity index (χ1n) is 12.0. The molecular weight excluding hydrogens is 479 g/mol. The number of hydrogen-bond acceptors (Lipinski definition) is 2. The van der Waals surface area contributed by atoms with Crippen LogP contribution in [0.4, 0.5) is 0 Å². The van der Waals surface area contributed by atoms with Crippen LogP contribution in [0.1, 0.15) is 42.0 Å². The van der Waals surface area contributed by atoms with E-state index in [-0.39, 0.29) is 18.2 Å². The van der Waals surface area contributed by atoms with E-state index < -0.39 is 6.04 Å². The number of carbonyl (C=O) groups excluding carboxylic acids is 2. The lowest BCUT2D eigenvalue weighted by molar-refractivity contribution is -0.140. The van der Waals surface area contributed by atoms with Gasteiger partial charge in [-0.05, 0) is 42.2 Å². The van der Waals surface area contributed by atoms with Crippen LogP contribution in [0.3, 0.4) is 0 Å². The molecule has 1 atom stereocenters. The molecule has 0 aliphatic heterocycles. The lowest BCUT2D eigenvalue weighted by atomic mass is 10.0. The smallest absolute Gasteiger partial charge is 0.243 e. The van der Waals surface area contributed by atoms with E-state index >= 15 is 0 Å². The first kappa shape index (κ1) is 26.8. The molecule has 0 aromatic heterocycles. The van der Waals surface area contributed by atoms with Gasteiger partial charge in [0.2, 0.25) is 11.8 Å². The van der Waals surface area contributed by atoms with Crippen LogP contribution in [0.15, 0.2) is 72.8 Å². The second kappa shape index (κ2) is 13.3. The number of benzene rings is 3. The number of carbonyl (C=O) groups is 2. The van der Waals surface area contributed by atoms with Gasteiger partial charge in [0.15, 0.2) is 0 Å². The quantitative estimate of drug-likeness (QED) is 0.303. The average molecular weight is 511 g/mol. The number of hydrogen-bond donors (Lipinski definition) is 1. The zero-order valence-electron chi connectivity index (χ0n) is 20.3. The maximum absolute atomic E-state index is 13.8. The zero-order chi connectivity index (χ0) is 25.2. The van der Waals surface area contributed by atoms with E-state index in [1.807, 2.05) is 61.5 Å². The van der Waals surface area contributed by atoms with Crippen LogP contribution in [0.2, 0.25) is 10.0 Å². The molecule has 0 fully saturated rings. The van der Waals surface area contributed by atoms with Gasteiger partial charge in [0.1, 0.15) is 6.04 Å². The van der Waals surface area contributed by atoms with Crippen LogP contribution >= 0.6 is 23.2 Å². The van der Waals surface area contributed by atoms with Gasteiger partial charge in [0, 0.05) is 29.6 Å². The Morgan fingerprint density at radius 3 is 2.37 bits per heavy atom. The van der Waals surface area contributed by atoms with Crippen molar-refractivity contribution in [3.8, 4) is 0 Å². The predicted octanol–water partition coefficient (Wildman–Crippen LogP) is 6.40. The summed E-state index contributed by atoms with van der Waals surface area (Å²) in [6.45, 7) is 5.00. The van der Waals surface area contributed by atoms with Crippen molar-refractivity contribution in [2.75, 3.05) is 6.54 Å². The molecule has 0 bridgehead atoms. The summed E-state index contributed by atoms with van der Waals surface area (Å²) in [5, 5.41) is 4.00. The van der Waals surface area contributed by atoms with E-state index in [9.17, 15) is 9.59 Å². The van der Waals surface area contributed by atoms with Gasteiger partial charge in [-0.1, -0.05) is 103 Å². The third kappa shape index (κ3) is 8.12. The molecule has 35 heavy (non-hydrogen) atoms. The highest BCUT2D eigenvalue weighted by atomic mass is 35.5. The van der Waals surface area contributed by atoms with Crippen molar-refractivity contribution in [3.05, 3.63) is 105 Å². The largest absolute Gasteiger partial charge is 0.354 e. The number of amides is 2. The standard InChI is InChI=1S/C29H32Cl2N2O2/c1-3-4-15-32-29(35)27(17-22-10-6-5-7-11-22)33(20-23-12-8-9-21(2)16-23)28(34)18-24-13-14-25(30)19-26(24)31/h5-14,16,19,27H,3-4,15,17-18,20H2,1-2H3,(H,32,35)/t27-/m1/s1. The first-order chi connectivity index (χ1) is 16.9. The molecule has 0 saturated heterocycles. The predicted molar refractivity (Wildman–Crippen MR) is 144 cm³/mol. The molecule has 3 aromatic carbocycles. The molecule has 3 aromatic rings. The number of nitrogens with one attached hydrogen (secondary N) is 1. The van der Waals surface area contributed by atoms with Gasteiger partial charge in [-0.25, -0.2) is 0 Å². The summed E-state index contributed by atoms with van der Waals surface area (Å²) in [4.78, 5) is 28.9. The summed E-state index contributed by atoms with van der Waals surface area (Å²) in [6.07, 6.45) is 2.36.